The highest BCUT2D eigenvalue weighted by atomic mass is 16.2. The van der Waals surface area contributed by atoms with Gasteiger partial charge in [-0.25, -0.2) is 0 Å². The lowest BCUT2D eigenvalue weighted by atomic mass is 10.1. The largest absolute Gasteiger partial charge is 0.347 e. The van der Waals surface area contributed by atoms with Crippen LogP contribution in [0.1, 0.15) is 42.4 Å². The van der Waals surface area contributed by atoms with Crippen LogP contribution in [-0.2, 0) is 26.6 Å². The minimum Gasteiger partial charge on any atom is -0.347 e. The molecule has 0 atom stereocenters. The minimum atomic E-state index is -0.178. The van der Waals surface area contributed by atoms with Gasteiger partial charge < -0.3 is 14.5 Å². The molecule has 0 aliphatic rings. The summed E-state index contributed by atoms with van der Waals surface area (Å²) in [7, 11) is 1.82. The van der Waals surface area contributed by atoms with Gasteiger partial charge in [-0.1, -0.05) is 45.0 Å². The van der Waals surface area contributed by atoms with E-state index in [1.165, 1.54) is 5.56 Å². The minimum absolute atomic E-state index is 0.0500. The number of carbonyl (C=O) groups excluding carboxylic acids is 1. The Labute approximate surface area is 159 Å². The highest BCUT2D eigenvalue weighted by molar-refractivity contribution is 5.98. The number of nitrogens with one attached hydrogen (secondary N) is 1. The molecule has 0 aliphatic carbocycles. The third-order valence-electron chi connectivity index (χ3n) is 4.86. The van der Waals surface area contributed by atoms with Gasteiger partial charge in [-0.15, -0.1) is 0 Å². The van der Waals surface area contributed by atoms with Crippen LogP contribution in [0.2, 0.25) is 0 Å². The molecule has 5 nitrogen and oxygen atoms in total. The number of benzene rings is 1. The van der Waals surface area contributed by atoms with Crippen molar-refractivity contribution < 1.29 is 4.79 Å². The number of hydrogen-bond donors (Lipinski definition) is 1. The Hall–Kier alpha value is -2.82. The molecule has 0 spiro atoms. The van der Waals surface area contributed by atoms with E-state index in [2.05, 4.69) is 38.2 Å². The molecule has 0 unspecified atom stereocenters. The van der Waals surface area contributed by atoms with E-state index in [-0.39, 0.29) is 11.5 Å². The fourth-order valence-electron chi connectivity index (χ4n) is 3.29. The van der Waals surface area contributed by atoms with Gasteiger partial charge in [0.25, 0.3) is 11.5 Å². The first-order valence-corrected chi connectivity index (χ1v) is 9.45. The molecule has 1 aromatic carbocycles. The van der Waals surface area contributed by atoms with Crippen LogP contribution in [-0.4, -0.2) is 15.0 Å². The maximum atomic E-state index is 12.7. The molecule has 3 aromatic rings. The van der Waals surface area contributed by atoms with E-state index in [9.17, 15) is 9.59 Å². The van der Waals surface area contributed by atoms with Crippen LogP contribution in [0.3, 0.4) is 0 Å². The summed E-state index contributed by atoms with van der Waals surface area (Å²) in [5.74, 6) is 0.203. The van der Waals surface area contributed by atoms with Crippen molar-refractivity contribution in [2.75, 3.05) is 0 Å². The Morgan fingerprint density at radius 2 is 1.78 bits per heavy atom. The summed E-state index contributed by atoms with van der Waals surface area (Å²) in [5.41, 5.74) is 3.55. The van der Waals surface area contributed by atoms with Gasteiger partial charge in [-0.2, -0.15) is 0 Å². The van der Waals surface area contributed by atoms with Crippen LogP contribution < -0.4 is 10.9 Å². The van der Waals surface area contributed by atoms with Gasteiger partial charge in [0, 0.05) is 26.3 Å². The summed E-state index contributed by atoms with van der Waals surface area (Å²) in [6.07, 6.45) is 2.80. The molecule has 0 saturated carbocycles. The maximum absolute atomic E-state index is 12.7. The molecule has 5 heteroatoms. The lowest BCUT2D eigenvalue weighted by molar-refractivity contribution is 0.0943. The van der Waals surface area contributed by atoms with Gasteiger partial charge in [-0.05, 0) is 35.6 Å². The molecule has 3 rings (SSSR count). The molecule has 2 aromatic heterocycles. The van der Waals surface area contributed by atoms with Crippen molar-refractivity contribution in [2.24, 2.45) is 13.0 Å². The highest BCUT2D eigenvalue weighted by Gasteiger charge is 2.16. The number of hydrogen-bond acceptors (Lipinski definition) is 2. The van der Waals surface area contributed by atoms with Crippen LogP contribution in [0, 0.1) is 5.92 Å². The zero-order valence-corrected chi connectivity index (χ0v) is 16.5. The summed E-state index contributed by atoms with van der Waals surface area (Å²) in [4.78, 5) is 25.4. The first-order chi connectivity index (χ1) is 12.9. The summed E-state index contributed by atoms with van der Waals surface area (Å²) in [5, 5.41) is 3.53. The SMILES string of the molecule is CCc1ccc(CNC(=O)c2cc3c(=O)n(CC(C)C)ccc3n2C)cc1. The normalized spacial score (nSPS) is 11.3. The molecule has 142 valence electrons. The fraction of sp³-hybridized carbons (Fsp3) is 0.364. The van der Waals surface area contributed by atoms with Gasteiger partial charge >= 0.3 is 0 Å². The quantitative estimate of drug-likeness (QED) is 0.727. The molecular weight excluding hydrogens is 338 g/mol. The summed E-state index contributed by atoms with van der Waals surface area (Å²) in [6, 6.07) is 11.8. The van der Waals surface area contributed by atoms with Crippen molar-refractivity contribution in [1.82, 2.24) is 14.5 Å². The number of rotatable bonds is 6. The average molecular weight is 365 g/mol. The van der Waals surface area contributed by atoms with Gasteiger partial charge in [0.2, 0.25) is 0 Å². The van der Waals surface area contributed by atoms with Gasteiger partial charge in [0.05, 0.1) is 10.9 Å². The van der Waals surface area contributed by atoms with E-state index in [0.717, 1.165) is 17.5 Å². The second kappa shape index (κ2) is 7.82. The molecule has 0 aliphatic heterocycles. The Kier molecular flexibility index (Phi) is 5.49. The van der Waals surface area contributed by atoms with Crippen molar-refractivity contribution in [3.05, 3.63) is 69.8 Å². The molecule has 0 saturated heterocycles. The maximum Gasteiger partial charge on any atom is 0.268 e. The smallest absolute Gasteiger partial charge is 0.268 e. The average Bonchev–Trinajstić information content (AvgIpc) is 3.00. The topological polar surface area (TPSA) is 56.0 Å². The number of nitrogens with zero attached hydrogens (tertiary/aromatic N) is 2. The number of carbonyl (C=O) groups is 1. The van der Waals surface area contributed by atoms with Crippen molar-refractivity contribution in [1.29, 1.82) is 0 Å². The zero-order valence-electron chi connectivity index (χ0n) is 16.5. The van der Waals surface area contributed by atoms with E-state index >= 15 is 0 Å². The first-order valence-electron chi connectivity index (χ1n) is 9.45. The predicted octanol–water partition coefficient (Wildman–Crippen LogP) is 3.49. The number of fused-ring (bicyclic) bond motifs is 1. The Morgan fingerprint density at radius 3 is 2.41 bits per heavy atom. The van der Waals surface area contributed by atoms with Crippen molar-refractivity contribution >= 4 is 16.8 Å². The summed E-state index contributed by atoms with van der Waals surface area (Å²) >= 11 is 0. The second-order valence-corrected chi connectivity index (χ2v) is 7.41. The molecular formula is C22H27N3O2. The fourth-order valence-corrected chi connectivity index (χ4v) is 3.29. The van der Waals surface area contributed by atoms with Crippen LogP contribution in [0.4, 0.5) is 0 Å². The monoisotopic (exact) mass is 365 g/mol. The predicted molar refractivity (Wildman–Crippen MR) is 109 cm³/mol. The van der Waals surface area contributed by atoms with E-state index in [1.807, 2.05) is 31.4 Å². The van der Waals surface area contributed by atoms with Gasteiger partial charge in [0.15, 0.2) is 0 Å². The van der Waals surface area contributed by atoms with E-state index in [0.29, 0.717) is 30.1 Å². The molecule has 2 heterocycles. The lowest BCUT2D eigenvalue weighted by Gasteiger charge is -2.09. The van der Waals surface area contributed by atoms with Gasteiger partial charge in [-0.3, -0.25) is 9.59 Å². The second-order valence-electron chi connectivity index (χ2n) is 7.41. The first kappa shape index (κ1) is 19.0. The summed E-state index contributed by atoms with van der Waals surface area (Å²) in [6.45, 7) is 7.40. The van der Waals surface area contributed by atoms with Gasteiger partial charge in [0.1, 0.15) is 5.69 Å². The Morgan fingerprint density at radius 1 is 1.11 bits per heavy atom. The van der Waals surface area contributed by atoms with E-state index in [4.69, 9.17) is 0 Å². The third kappa shape index (κ3) is 3.97. The number of amides is 1. The molecule has 1 amide bonds. The van der Waals surface area contributed by atoms with Crippen molar-refractivity contribution in [3.63, 3.8) is 0 Å². The zero-order chi connectivity index (χ0) is 19.6. The number of pyridine rings is 1. The summed E-state index contributed by atoms with van der Waals surface area (Å²) < 4.78 is 3.50. The van der Waals surface area contributed by atoms with Crippen molar-refractivity contribution in [2.45, 2.75) is 40.3 Å². The Bertz CT molecular complexity index is 1010. The number of aryl methyl sites for hydroxylation is 2. The molecule has 1 N–H and O–H groups in total. The van der Waals surface area contributed by atoms with Crippen molar-refractivity contribution in [3.8, 4) is 0 Å². The van der Waals surface area contributed by atoms with E-state index in [1.54, 1.807) is 15.2 Å². The molecule has 0 bridgehead atoms. The van der Waals surface area contributed by atoms with Crippen LogP contribution in [0.15, 0.2) is 47.4 Å². The molecule has 0 fully saturated rings. The standard InChI is InChI=1S/C22H27N3O2/c1-5-16-6-8-17(9-7-16)13-23-21(26)20-12-18-19(24(20)4)10-11-25(22(18)27)14-15(2)3/h6-12,15H,5,13-14H2,1-4H3,(H,23,26). The molecule has 27 heavy (non-hydrogen) atoms. The third-order valence-corrected chi connectivity index (χ3v) is 4.86. The lowest BCUT2D eigenvalue weighted by Crippen LogP contribution is -2.24. The Balaban J connectivity index is 1.82. The van der Waals surface area contributed by atoms with Crippen LogP contribution in [0.25, 0.3) is 10.9 Å². The van der Waals surface area contributed by atoms with E-state index < -0.39 is 0 Å². The molecule has 0 radical (unpaired) electrons. The van der Waals surface area contributed by atoms with Crippen LogP contribution in [0.5, 0.6) is 0 Å². The number of aromatic nitrogens is 2. The van der Waals surface area contributed by atoms with Crippen LogP contribution >= 0.6 is 0 Å². The highest BCUT2D eigenvalue weighted by Crippen LogP contribution is 2.16.